The maximum absolute atomic E-state index is 13.9. The average Bonchev–Trinajstić information content (AvgIpc) is 2.84. The number of benzene rings is 1. The number of imidazole rings is 1. The molecule has 1 N–H and O–H groups in total. The minimum absolute atomic E-state index is 0.191. The van der Waals surface area contributed by atoms with Crippen LogP contribution in [0.15, 0.2) is 18.2 Å². The summed E-state index contributed by atoms with van der Waals surface area (Å²) in [6.45, 7) is 2.31. The molecule has 1 aromatic carbocycles. The summed E-state index contributed by atoms with van der Waals surface area (Å²) < 4.78 is 20.7. The van der Waals surface area contributed by atoms with E-state index < -0.39 is 11.8 Å². The molecule has 6 heteroatoms. The Bertz CT molecular complexity index is 739. The minimum Gasteiger partial charge on any atom is -0.494 e. The molecule has 22 heavy (non-hydrogen) atoms. The molecule has 1 atom stereocenters. The lowest BCUT2D eigenvalue weighted by Gasteiger charge is -2.21. The molecule has 1 aliphatic rings. The van der Waals surface area contributed by atoms with Gasteiger partial charge in [0.25, 0.3) is 0 Å². The van der Waals surface area contributed by atoms with E-state index in [1.807, 2.05) is 11.5 Å². The zero-order valence-electron chi connectivity index (χ0n) is 12.5. The van der Waals surface area contributed by atoms with E-state index >= 15 is 0 Å². The molecule has 0 bridgehead atoms. The number of nitrogens with zero attached hydrogens (tertiary/aromatic N) is 2. The number of aliphatic carboxylic acids is 1. The molecule has 1 aliphatic heterocycles. The minimum atomic E-state index is -0.782. The third-order valence-electron chi connectivity index (χ3n) is 4.19. The number of halogens is 1. The molecule has 0 radical (unpaired) electrons. The van der Waals surface area contributed by atoms with Gasteiger partial charge in [-0.05, 0) is 31.5 Å². The van der Waals surface area contributed by atoms with Crippen molar-refractivity contribution in [3.8, 4) is 17.0 Å². The van der Waals surface area contributed by atoms with E-state index in [2.05, 4.69) is 4.98 Å². The SMILES string of the molecule is COc1ccc(-c2nc3n(c2C)CC(C(=O)O)CC3)cc1F. The fourth-order valence-electron chi connectivity index (χ4n) is 2.93. The Hall–Kier alpha value is -2.37. The second kappa shape index (κ2) is 5.44. The Morgan fingerprint density at radius 2 is 2.27 bits per heavy atom. The maximum Gasteiger partial charge on any atom is 0.308 e. The van der Waals surface area contributed by atoms with Crippen LogP contribution in [-0.2, 0) is 17.8 Å². The molecule has 3 rings (SSSR count). The van der Waals surface area contributed by atoms with E-state index in [4.69, 9.17) is 4.74 Å². The van der Waals surface area contributed by atoms with E-state index in [-0.39, 0.29) is 11.7 Å². The molecule has 1 aromatic heterocycles. The van der Waals surface area contributed by atoms with Crippen molar-refractivity contribution >= 4 is 5.97 Å². The monoisotopic (exact) mass is 304 g/mol. The predicted octanol–water partition coefficient (Wildman–Crippen LogP) is 2.65. The second-order valence-corrected chi connectivity index (χ2v) is 5.50. The van der Waals surface area contributed by atoms with Crippen molar-refractivity contribution in [1.82, 2.24) is 9.55 Å². The number of rotatable bonds is 3. The highest BCUT2D eigenvalue weighted by Crippen LogP contribution is 2.31. The van der Waals surface area contributed by atoms with Gasteiger partial charge in [-0.2, -0.15) is 0 Å². The molecular formula is C16H17FN2O3. The number of aryl methyl sites for hydroxylation is 1. The summed E-state index contributed by atoms with van der Waals surface area (Å²) in [6.07, 6.45) is 1.21. The van der Waals surface area contributed by atoms with Crippen LogP contribution in [0.2, 0.25) is 0 Å². The first-order chi connectivity index (χ1) is 10.5. The van der Waals surface area contributed by atoms with E-state index in [1.54, 1.807) is 12.1 Å². The van der Waals surface area contributed by atoms with Crippen LogP contribution < -0.4 is 4.74 Å². The number of carboxylic acid groups (broad SMARTS) is 1. The second-order valence-electron chi connectivity index (χ2n) is 5.50. The van der Waals surface area contributed by atoms with Crippen LogP contribution >= 0.6 is 0 Å². The van der Waals surface area contributed by atoms with Gasteiger partial charge in [0.1, 0.15) is 5.82 Å². The van der Waals surface area contributed by atoms with Crippen molar-refractivity contribution in [1.29, 1.82) is 0 Å². The van der Waals surface area contributed by atoms with Gasteiger partial charge < -0.3 is 14.4 Å². The molecule has 116 valence electrons. The molecule has 0 spiro atoms. The van der Waals surface area contributed by atoms with Gasteiger partial charge in [-0.3, -0.25) is 4.79 Å². The average molecular weight is 304 g/mol. The van der Waals surface area contributed by atoms with Crippen LogP contribution in [-0.4, -0.2) is 27.7 Å². The fourth-order valence-corrected chi connectivity index (χ4v) is 2.93. The van der Waals surface area contributed by atoms with Crippen LogP contribution in [0.4, 0.5) is 4.39 Å². The van der Waals surface area contributed by atoms with Crippen LogP contribution in [0, 0.1) is 18.7 Å². The van der Waals surface area contributed by atoms with E-state index in [9.17, 15) is 14.3 Å². The lowest BCUT2D eigenvalue weighted by atomic mass is 9.99. The third kappa shape index (κ3) is 2.34. The molecule has 2 aromatic rings. The van der Waals surface area contributed by atoms with Gasteiger partial charge in [0.05, 0.1) is 18.7 Å². The summed E-state index contributed by atoms with van der Waals surface area (Å²) in [4.78, 5) is 15.7. The predicted molar refractivity (Wildman–Crippen MR) is 78.4 cm³/mol. The van der Waals surface area contributed by atoms with Crippen molar-refractivity contribution in [3.05, 3.63) is 35.5 Å². The maximum atomic E-state index is 13.9. The summed E-state index contributed by atoms with van der Waals surface area (Å²) >= 11 is 0. The quantitative estimate of drug-likeness (QED) is 0.947. The molecule has 1 unspecified atom stereocenters. The molecule has 0 amide bonds. The van der Waals surface area contributed by atoms with Crippen molar-refractivity contribution in [2.24, 2.45) is 5.92 Å². The molecular weight excluding hydrogens is 287 g/mol. The molecule has 2 heterocycles. The summed E-state index contributed by atoms with van der Waals surface area (Å²) in [7, 11) is 1.42. The van der Waals surface area contributed by atoms with Crippen molar-refractivity contribution < 1.29 is 19.0 Å². The number of methoxy groups -OCH3 is 1. The fraction of sp³-hybridized carbons (Fsp3) is 0.375. The Labute approximate surface area is 127 Å². The Morgan fingerprint density at radius 1 is 1.50 bits per heavy atom. The normalized spacial score (nSPS) is 17.1. The first kappa shape index (κ1) is 14.6. The molecule has 0 aliphatic carbocycles. The first-order valence-electron chi connectivity index (χ1n) is 7.14. The number of aromatic nitrogens is 2. The summed E-state index contributed by atoms with van der Waals surface area (Å²) in [5.74, 6) is -0.553. The van der Waals surface area contributed by atoms with Gasteiger partial charge in [0, 0.05) is 24.2 Å². The molecule has 5 nitrogen and oxygen atoms in total. The highest BCUT2D eigenvalue weighted by atomic mass is 19.1. The Balaban J connectivity index is 2.00. The van der Waals surface area contributed by atoms with Gasteiger partial charge in [0.15, 0.2) is 11.6 Å². The summed E-state index contributed by atoms with van der Waals surface area (Å²) in [6, 6.07) is 4.73. The van der Waals surface area contributed by atoms with E-state index in [0.717, 1.165) is 11.5 Å². The number of fused-ring (bicyclic) bond motifs is 1. The molecule has 0 saturated heterocycles. The standard InChI is InChI=1S/C16H17FN2O3/c1-9-15(10-3-5-13(22-2)12(17)7-10)18-14-6-4-11(16(20)21)8-19(9)14/h3,5,7,11H,4,6,8H2,1-2H3,(H,20,21). The van der Waals surface area contributed by atoms with Gasteiger partial charge >= 0.3 is 5.97 Å². The smallest absolute Gasteiger partial charge is 0.308 e. The number of hydrogen-bond acceptors (Lipinski definition) is 3. The van der Waals surface area contributed by atoms with Gasteiger partial charge in [-0.15, -0.1) is 0 Å². The topological polar surface area (TPSA) is 64.4 Å². The number of carbonyl (C=O) groups is 1. The highest BCUT2D eigenvalue weighted by Gasteiger charge is 2.27. The van der Waals surface area contributed by atoms with Crippen LogP contribution in [0.25, 0.3) is 11.3 Å². The van der Waals surface area contributed by atoms with Crippen molar-refractivity contribution in [2.75, 3.05) is 7.11 Å². The lowest BCUT2D eigenvalue weighted by Crippen LogP contribution is -2.27. The van der Waals surface area contributed by atoms with Crippen LogP contribution in [0.3, 0.4) is 0 Å². The lowest BCUT2D eigenvalue weighted by molar-refractivity contribution is -0.142. The first-order valence-corrected chi connectivity index (χ1v) is 7.14. The highest BCUT2D eigenvalue weighted by molar-refractivity contribution is 5.70. The largest absolute Gasteiger partial charge is 0.494 e. The van der Waals surface area contributed by atoms with Gasteiger partial charge in [-0.25, -0.2) is 9.37 Å². The number of ether oxygens (including phenoxy) is 1. The summed E-state index contributed by atoms with van der Waals surface area (Å²) in [5, 5.41) is 9.18. The molecule has 0 fully saturated rings. The van der Waals surface area contributed by atoms with Crippen LogP contribution in [0.5, 0.6) is 5.75 Å². The van der Waals surface area contributed by atoms with Gasteiger partial charge in [-0.1, -0.05) is 0 Å². The Morgan fingerprint density at radius 3 is 2.91 bits per heavy atom. The van der Waals surface area contributed by atoms with Gasteiger partial charge in [0.2, 0.25) is 0 Å². The zero-order chi connectivity index (χ0) is 15.9. The summed E-state index contributed by atoms with van der Waals surface area (Å²) in [5.41, 5.74) is 2.23. The number of carboxylic acids is 1. The third-order valence-corrected chi connectivity index (χ3v) is 4.19. The van der Waals surface area contributed by atoms with E-state index in [0.29, 0.717) is 30.6 Å². The van der Waals surface area contributed by atoms with Crippen LogP contribution in [0.1, 0.15) is 17.9 Å². The number of hydrogen-bond donors (Lipinski definition) is 1. The zero-order valence-corrected chi connectivity index (χ0v) is 12.5. The van der Waals surface area contributed by atoms with E-state index in [1.165, 1.54) is 13.2 Å². The Kier molecular flexibility index (Phi) is 3.60. The van der Waals surface area contributed by atoms with Crippen molar-refractivity contribution in [2.45, 2.75) is 26.3 Å². The molecule has 0 saturated carbocycles. The van der Waals surface area contributed by atoms with Crippen molar-refractivity contribution in [3.63, 3.8) is 0 Å².